The van der Waals surface area contributed by atoms with Crippen molar-refractivity contribution in [3.8, 4) is 0 Å². The lowest BCUT2D eigenvalue weighted by atomic mass is 10.0. The summed E-state index contributed by atoms with van der Waals surface area (Å²) in [5, 5.41) is 20.9. The summed E-state index contributed by atoms with van der Waals surface area (Å²) in [6.45, 7) is 4.28. The fourth-order valence-corrected chi connectivity index (χ4v) is 9.34. The first-order valence-corrected chi connectivity index (χ1v) is 27.0. The first-order chi connectivity index (χ1) is 32.0. The van der Waals surface area contributed by atoms with Crippen molar-refractivity contribution in [2.75, 3.05) is 25.6 Å². The zero-order valence-corrected chi connectivity index (χ0v) is 41.3. The van der Waals surface area contributed by atoms with Crippen LogP contribution >= 0.6 is 15.6 Å². The predicted octanol–water partition coefficient (Wildman–Crippen LogP) is 8.06. The van der Waals surface area contributed by atoms with Crippen LogP contribution < -0.4 is 11.4 Å². The van der Waals surface area contributed by atoms with Crippen molar-refractivity contribution >= 4 is 33.4 Å². The Morgan fingerprint density at radius 3 is 2.12 bits per heavy atom. The minimum Gasteiger partial charge on any atom is -0.462 e. The number of aliphatic hydroxyl groups excluding tert-OH is 2. The highest BCUT2D eigenvalue weighted by atomic mass is 31.3. The van der Waals surface area contributed by atoms with Gasteiger partial charge in [-0.1, -0.05) is 121 Å². The van der Waals surface area contributed by atoms with E-state index in [0.717, 1.165) is 62.1 Å². The van der Waals surface area contributed by atoms with E-state index in [2.05, 4.69) is 66.5 Å². The van der Waals surface area contributed by atoms with Crippen LogP contribution in [0.1, 0.15) is 155 Å². The number of phosphoric acid groups is 2. The van der Waals surface area contributed by atoms with E-state index in [-0.39, 0.29) is 30.9 Å². The molecular weight excluding hydrogens is 912 g/mol. The Balaban J connectivity index is 1.44. The van der Waals surface area contributed by atoms with Gasteiger partial charge in [0.15, 0.2) is 12.3 Å². The van der Waals surface area contributed by atoms with E-state index in [1.165, 1.54) is 51.0 Å². The minimum absolute atomic E-state index is 0.00458. The van der Waals surface area contributed by atoms with Crippen LogP contribution in [0.15, 0.2) is 53.5 Å². The number of hydrogen-bond donors (Lipinski definition) is 5. The van der Waals surface area contributed by atoms with Crippen molar-refractivity contribution < 1.29 is 71.0 Å². The number of aromatic nitrogens is 2. The van der Waals surface area contributed by atoms with Crippen LogP contribution in [-0.4, -0.2) is 97.9 Å². The van der Waals surface area contributed by atoms with Crippen molar-refractivity contribution in [3.05, 3.63) is 59.2 Å². The highest BCUT2D eigenvalue weighted by molar-refractivity contribution is 7.61. The number of phosphoric ester groups is 2. The number of nitrogen functional groups attached to an aromatic ring is 1. The number of nitrogens with zero attached hydrogens (tertiary/aromatic N) is 2. The first kappa shape index (κ1) is 58.3. The number of hydrogen-bond acceptors (Lipinski definition) is 16. The van der Waals surface area contributed by atoms with Crippen LogP contribution in [-0.2, 0) is 51.0 Å². The van der Waals surface area contributed by atoms with Gasteiger partial charge in [-0.25, -0.2) is 13.9 Å². The Kier molecular flexibility index (Phi) is 27.8. The summed E-state index contributed by atoms with van der Waals surface area (Å²) in [5.41, 5.74) is 4.58. The molecule has 9 atom stereocenters. The molecule has 0 radical (unpaired) electrons. The maximum atomic E-state index is 12.9. The molecule has 4 unspecified atom stereocenters. The molecule has 67 heavy (non-hydrogen) atoms. The molecule has 0 aliphatic carbocycles. The summed E-state index contributed by atoms with van der Waals surface area (Å²) in [4.78, 5) is 61.9. The van der Waals surface area contributed by atoms with Gasteiger partial charge in [-0.05, 0) is 63.4 Å². The van der Waals surface area contributed by atoms with E-state index in [1.807, 2.05) is 0 Å². The van der Waals surface area contributed by atoms with Gasteiger partial charge in [0.25, 0.3) is 0 Å². The number of unbranched alkanes of at least 4 members (excludes halogenated alkanes) is 10. The lowest BCUT2D eigenvalue weighted by molar-refractivity contribution is -0.161. The van der Waals surface area contributed by atoms with Gasteiger partial charge in [-0.2, -0.15) is 9.29 Å². The molecular formula is C46H77N3O16P2. The van der Waals surface area contributed by atoms with Crippen molar-refractivity contribution in [3.63, 3.8) is 0 Å². The highest BCUT2D eigenvalue weighted by Crippen LogP contribution is 2.60. The third-order valence-corrected chi connectivity index (χ3v) is 13.7. The van der Waals surface area contributed by atoms with E-state index in [4.69, 9.17) is 33.7 Å². The number of anilines is 1. The molecule has 2 fully saturated rings. The van der Waals surface area contributed by atoms with Gasteiger partial charge in [-0.15, -0.1) is 0 Å². The fourth-order valence-electron chi connectivity index (χ4n) is 7.23. The second-order valence-corrected chi connectivity index (χ2v) is 20.5. The molecule has 3 heterocycles. The molecule has 0 spiro atoms. The van der Waals surface area contributed by atoms with Crippen LogP contribution in [0.5, 0.6) is 0 Å². The first-order valence-electron chi connectivity index (χ1n) is 24.0. The van der Waals surface area contributed by atoms with Crippen molar-refractivity contribution in [1.29, 1.82) is 0 Å². The third kappa shape index (κ3) is 25.4. The molecule has 6 N–H and O–H groups in total. The highest BCUT2D eigenvalue weighted by Gasteiger charge is 2.46. The second-order valence-electron chi connectivity index (χ2n) is 17.5. The number of allylic oxidation sites excluding steroid dienone is 5. The molecule has 382 valence electrons. The molecule has 3 rings (SSSR count). The Morgan fingerprint density at radius 2 is 1.43 bits per heavy atom. The molecule has 1 aromatic rings. The summed E-state index contributed by atoms with van der Waals surface area (Å²) in [6.07, 6.45) is 24.2. The van der Waals surface area contributed by atoms with E-state index in [9.17, 15) is 43.5 Å². The van der Waals surface area contributed by atoms with Crippen molar-refractivity contribution in [1.82, 2.24) is 9.55 Å². The Bertz CT molecular complexity index is 1840. The van der Waals surface area contributed by atoms with Crippen LogP contribution in [0.3, 0.4) is 0 Å². The summed E-state index contributed by atoms with van der Waals surface area (Å²) < 4.78 is 62.4. The Morgan fingerprint density at radius 1 is 0.791 bits per heavy atom. The quantitative estimate of drug-likeness (QED) is 0.0138. The number of aliphatic hydroxyl groups is 2. The van der Waals surface area contributed by atoms with Gasteiger partial charge in [0.05, 0.1) is 25.4 Å². The fraction of sp³-hybridized carbons (Fsp3) is 0.739. The van der Waals surface area contributed by atoms with Gasteiger partial charge >= 0.3 is 33.3 Å². The van der Waals surface area contributed by atoms with Crippen LogP contribution in [0.2, 0.25) is 0 Å². The molecule has 2 aliphatic rings. The lowest BCUT2D eigenvalue weighted by Crippen LogP contribution is -2.36. The molecule has 19 nitrogen and oxygen atoms in total. The molecule has 2 aliphatic heterocycles. The third-order valence-electron chi connectivity index (χ3n) is 11.1. The van der Waals surface area contributed by atoms with Crippen LogP contribution in [0, 0.1) is 5.92 Å². The average molecular weight is 990 g/mol. The minimum atomic E-state index is -5.44. The van der Waals surface area contributed by atoms with Gasteiger partial charge in [0, 0.05) is 19.0 Å². The molecule has 21 heteroatoms. The Hall–Kier alpha value is -3.06. The predicted molar refractivity (Wildman–Crippen MR) is 251 cm³/mol. The van der Waals surface area contributed by atoms with Crippen molar-refractivity contribution in [2.45, 2.75) is 192 Å². The number of rotatable bonds is 37. The van der Waals surface area contributed by atoms with Crippen LogP contribution in [0.25, 0.3) is 0 Å². The number of esters is 2. The number of epoxide rings is 1. The van der Waals surface area contributed by atoms with Gasteiger partial charge in [0.1, 0.15) is 30.7 Å². The largest absolute Gasteiger partial charge is 0.481 e. The number of carbonyl (C=O) groups excluding carboxylic acids is 2. The van der Waals surface area contributed by atoms with E-state index < -0.39 is 83.7 Å². The van der Waals surface area contributed by atoms with Gasteiger partial charge in [0.2, 0.25) is 0 Å². The number of carbonyl (C=O) groups is 2. The monoisotopic (exact) mass is 989 g/mol. The van der Waals surface area contributed by atoms with Gasteiger partial charge < -0.3 is 44.7 Å². The average Bonchev–Trinajstić information content (AvgIpc) is 3.95. The van der Waals surface area contributed by atoms with E-state index >= 15 is 0 Å². The Labute approximate surface area is 395 Å². The molecule has 0 aromatic carbocycles. The maximum Gasteiger partial charge on any atom is 0.481 e. The van der Waals surface area contributed by atoms with Crippen molar-refractivity contribution in [2.24, 2.45) is 5.92 Å². The molecule has 1 aromatic heterocycles. The SMILES string of the molecule is CCCCC/C=C\C/C=C\C/C=C\CC1OC1CCCC(=O)O[C@H](COC(=O)CCCCCCCCCCC(C)C)COP(=O)(O)OP(=O)(O)OC[C@H]1O[C@@H](n2ccc(N)nc2=O)[C@H](O)[C@@H]1O. The van der Waals surface area contributed by atoms with Gasteiger partial charge in [-0.3, -0.25) is 23.2 Å². The van der Waals surface area contributed by atoms with E-state index in [0.29, 0.717) is 25.2 Å². The van der Waals surface area contributed by atoms with Crippen LogP contribution in [0.4, 0.5) is 5.82 Å². The summed E-state index contributed by atoms with van der Waals surface area (Å²) >= 11 is 0. The second kappa shape index (κ2) is 31.9. The topological polar surface area (TPSA) is 278 Å². The molecule has 2 saturated heterocycles. The summed E-state index contributed by atoms with van der Waals surface area (Å²) in [5.74, 6) is -0.663. The zero-order chi connectivity index (χ0) is 49.1. The summed E-state index contributed by atoms with van der Waals surface area (Å²) in [6, 6.07) is 1.24. The zero-order valence-electron chi connectivity index (χ0n) is 39.6. The standard InChI is InChI=1S/C46H77N3O16P2/c1-4-5-6-7-8-9-10-11-12-16-19-22-26-37-38(63-37)27-24-29-42(51)62-36(32-59-41(50)28-23-20-17-14-13-15-18-21-25-35(2)3)33-60-66(55,56)65-67(57,58)61-34-39-43(52)44(53)45(64-39)49-31-30-40(47)48-46(49)54/h8-9,11-12,19,22,30-31,35-39,43-45,52-53H,4-7,10,13-18,20-21,23-29,32-34H2,1-3H3,(H,55,56)(H,57,58)(H2,47,48,54)/b9-8-,12-11-,22-19-/t36-,37?,38?,39-,43-,44-,45-/m1/s1. The lowest BCUT2D eigenvalue weighted by Gasteiger charge is -2.21. The van der Waals surface area contributed by atoms with E-state index in [1.54, 1.807) is 0 Å². The normalized spacial score (nSPS) is 23.0. The number of ether oxygens (including phenoxy) is 4. The molecule has 0 amide bonds. The maximum absolute atomic E-state index is 12.9. The number of nitrogens with two attached hydrogens (primary N) is 1. The summed E-state index contributed by atoms with van der Waals surface area (Å²) in [7, 11) is -10.9. The molecule has 0 bridgehead atoms. The smallest absolute Gasteiger partial charge is 0.462 e. The molecule has 0 saturated carbocycles.